The lowest BCUT2D eigenvalue weighted by Gasteiger charge is -2.44. The molecule has 1 aliphatic rings. The molecule has 168 valence electrons. The molecule has 0 saturated carbocycles. The van der Waals surface area contributed by atoms with Gasteiger partial charge in [0.2, 0.25) is 0 Å². The average molecular weight is 463 g/mol. The molecule has 1 aliphatic heterocycles. The van der Waals surface area contributed by atoms with Gasteiger partial charge in [-0.1, -0.05) is 12.2 Å². The summed E-state index contributed by atoms with van der Waals surface area (Å²) in [4.78, 5) is 3.50. The van der Waals surface area contributed by atoms with Gasteiger partial charge in [0.1, 0.15) is 21.9 Å². The highest BCUT2D eigenvalue weighted by atomic mass is 32.1. The normalized spacial score (nSPS) is 23.1. The van der Waals surface area contributed by atoms with Crippen molar-refractivity contribution in [3.63, 3.8) is 0 Å². The van der Waals surface area contributed by atoms with Gasteiger partial charge in [-0.3, -0.25) is 4.98 Å². The maximum Gasteiger partial charge on any atom is 0.417 e. The molecule has 3 rings (SSSR count). The second-order valence-corrected chi connectivity index (χ2v) is 8.32. The van der Waals surface area contributed by atoms with Gasteiger partial charge in [-0.15, -0.1) is 0 Å². The maximum absolute atomic E-state index is 15.5. The van der Waals surface area contributed by atoms with Gasteiger partial charge in [0, 0.05) is 17.4 Å². The van der Waals surface area contributed by atoms with Gasteiger partial charge in [0.25, 0.3) is 0 Å². The van der Waals surface area contributed by atoms with Gasteiger partial charge < -0.3 is 15.4 Å². The molecule has 2 aromatic rings. The lowest BCUT2D eigenvalue weighted by molar-refractivity contribution is -0.216. The number of alkyl halides is 5. The summed E-state index contributed by atoms with van der Waals surface area (Å²) in [6.07, 6.45) is -2.83. The molecular formula is C20H19F6N3OS. The molecule has 0 amide bonds. The minimum Gasteiger partial charge on any atom is -0.363 e. The quantitative estimate of drug-likeness (QED) is 0.461. The molecule has 2 heterocycles. The van der Waals surface area contributed by atoms with Gasteiger partial charge in [-0.25, -0.2) is 13.2 Å². The van der Waals surface area contributed by atoms with Gasteiger partial charge in [0.15, 0.2) is 0 Å². The van der Waals surface area contributed by atoms with Crippen LogP contribution in [0.15, 0.2) is 36.7 Å². The Morgan fingerprint density at radius 3 is 2.42 bits per heavy atom. The smallest absolute Gasteiger partial charge is 0.363 e. The summed E-state index contributed by atoms with van der Waals surface area (Å²) in [6.45, 7) is 3.18. The van der Waals surface area contributed by atoms with Crippen molar-refractivity contribution < 1.29 is 31.1 Å². The van der Waals surface area contributed by atoms with Crippen LogP contribution in [-0.2, 0) is 16.5 Å². The van der Waals surface area contributed by atoms with E-state index in [9.17, 15) is 17.6 Å². The Morgan fingerprint density at radius 2 is 1.77 bits per heavy atom. The van der Waals surface area contributed by atoms with Crippen LogP contribution >= 0.6 is 12.2 Å². The van der Waals surface area contributed by atoms with Crippen molar-refractivity contribution in [3.05, 3.63) is 53.6 Å². The minimum absolute atomic E-state index is 0.0346. The molecule has 0 spiro atoms. The SMILES string of the molecule is CC1(C)OCC(=S)N[C@](C)(c2cc(Nc3cncc(C(F)(F)F)c3)ccc2F)C1(F)F. The Morgan fingerprint density at radius 1 is 1.10 bits per heavy atom. The Hall–Kier alpha value is -2.40. The fraction of sp³-hybridized carbons (Fsp3) is 0.400. The van der Waals surface area contributed by atoms with E-state index in [1.807, 2.05) is 0 Å². The predicted octanol–water partition coefficient (Wildman–Crippen LogP) is 5.56. The van der Waals surface area contributed by atoms with Crippen molar-refractivity contribution in [1.29, 1.82) is 0 Å². The number of rotatable bonds is 3. The van der Waals surface area contributed by atoms with Gasteiger partial charge in [-0.2, -0.15) is 13.2 Å². The first-order valence-electron chi connectivity index (χ1n) is 9.09. The first kappa shape index (κ1) is 23.3. The van der Waals surface area contributed by atoms with E-state index < -0.39 is 40.2 Å². The third-order valence-corrected chi connectivity index (χ3v) is 5.42. The zero-order valence-electron chi connectivity index (χ0n) is 16.7. The van der Waals surface area contributed by atoms with Crippen LogP contribution < -0.4 is 10.6 Å². The molecule has 0 aliphatic carbocycles. The van der Waals surface area contributed by atoms with E-state index in [4.69, 9.17) is 17.0 Å². The molecule has 1 saturated heterocycles. The van der Waals surface area contributed by atoms with Gasteiger partial charge in [0.05, 0.1) is 24.1 Å². The number of thiocarbonyl (C=S) groups is 1. The van der Waals surface area contributed by atoms with E-state index >= 15 is 8.78 Å². The van der Waals surface area contributed by atoms with E-state index in [-0.39, 0.29) is 23.0 Å². The van der Waals surface area contributed by atoms with Crippen molar-refractivity contribution in [2.24, 2.45) is 0 Å². The highest BCUT2D eigenvalue weighted by molar-refractivity contribution is 7.80. The number of hydrogen-bond donors (Lipinski definition) is 2. The highest BCUT2D eigenvalue weighted by Crippen LogP contribution is 2.48. The lowest BCUT2D eigenvalue weighted by Crippen LogP contribution is -2.62. The second kappa shape index (κ2) is 7.63. The van der Waals surface area contributed by atoms with Crippen LogP contribution in [0.25, 0.3) is 0 Å². The van der Waals surface area contributed by atoms with Crippen molar-refractivity contribution >= 4 is 28.6 Å². The van der Waals surface area contributed by atoms with Crippen molar-refractivity contribution in [1.82, 2.24) is 10.3 Å². The van der Waals surface area contributed by atoms with E-state index in [2.05, 4.69) is 15.6 Å². The topological polar surface area (TPSA) is 46.2 Å². The molecule has 1 fully saturated rings. The molecular weight excluding hydrogens is 444 g/mol. The number of halogens is 6. The number of anilines is 2. The van der Waals surface area contributed by atoms with Crippen LogP contribution in [0.2, 0.25) is 0 Å². The molecule has 31 heavy (non-hydrogen) atoms. The monoisotopic (exact) mass is 463 g/mol. The number of nitrogens with one attached hydrogen (secondary N) is 2. The number of ether oxygens (including phenoxy) is 1. The largest absolute Gasteiger partial charge is 0.417 e. The standard InChI is InChI=1S/C20H19F6N3OS/c1-17(2)20(25,26)18(3,29-16(31)10-30-17)14-7-12(4-5-15(14)21)28-13-6-11(8-27-9-13)19(22,23)24/h4-9,28H,10H2,1-3H3,(H,29,31)/t18-/m1/s1. The molecule has 1 aromatic carbocycles. The lowest BCUT2D eigenvalue weighted by atomic mass is 9.77. The minimum atomic E-state index is -4.61. The average Bonchev–Trinajstić information content (AvgIpc) is 2.72. The second-order valence-electron chi connectivity index (χ2n) is 7.83. The third-order valence-electron chi connectivity index (χ3n) is 5.20. The van der Waals surface area contributed by atoms with E-state index in [0.29, 0.717) is 6.20 Å². The van der Waals surface area contributed by atoms with Crippen LogP contribution in [-0.4, -0.2) is 28.1 Å². The van der Waals surface area contributed by atoms with Crippen LogP contribution in [0.5, 0.6) is 0 Å². The highest BCUT2D eigenvalue weighted by Gasteiger charge is 2.64. The molecule has 0 radical (unpaired) electrons. The first-order valence-corrected chi connectivity index (χ1v) is 9.50. The van der Waals surface area contributed by atoms with Crippen molar-refractivity contribution in [2.45, 2.75) is 44.0 Å². The van der Waals surface area contributed by atoms with Gasteiger partial charge in [-0.05, 0) is 45.0 Å². The van der Waals surface area contributed by atoms with E-state index in [1.165, 1.54) is 19.9 Å². The van der Waals surface area contributed by atoms with Crippen LogP contribution in [0.1, 0.15) is 31.9 Å². The molecule has 0 unspecified atom stereocenters. The Kier molecular flexibility index (Phi) is 5.72. The van der Waals surface area contributed by atoms with Crippen LogP contribution in [0, 0.1) is 5.82 Å². The summed E-state index contributed by atoms with van der Waals surface area (Å²) in [5.41, 5.74) is -5.66. The number of nitrogens with zero attached hydrogens (tertiary/aromatic N) is 1. The molecule has 4 nitrogen and oxygen atoms in total. The van der Waals surface area contributed by atoms with Crippen molar-refractivity contribution in [2.75, 3.05) is 11.9 Å². The fourth-order valence-electron chi connectivity index (χ4n) is 3.38. The molecule has 1 aromatic heterocycles. The zero-order valence-corrected chi connectivity index (χ0v) is 17.5. The molecule has 0 bridgehead atoms. The molecule has 1 atom stereocenters. The third kappa shape index (κ3) is 4.20. The molecule has 11 heteroatoms. The number of aromatic nitrogens is 1. The Bertz CT molecular complexity index is 1010. The van der Waals surface area contributed by atoms with Crippen molar-refractivity contribution in [3.8, 4) is 0 Å². The number of benzene rings is 1. The molecule has 2 N–H and O–H groups in total. The van der Waals surface area contributed by atoms with Gasteiger partial charge >= 0.3 is 12.1 Å². The Balaban J connectivity index is 2.05. The predicted molar refractivity (Wildman–Crippen MR) is 107 cm³/mol. The Labute approximate surface area is 180 Å². The van der Waals surface area contributed by atoms with Crippen LogP contribution in [0.3, 0.4) is 0 Å². The summed E-state index contributed by atoms with van der Waals surface area (Å²) in [5, 5.41) is 5.16. The summed E-state index contributed by atoms with van der Waals surface area (Å²) < 4.78 is 89.8. The van der Waals surface area contributed by atoms with Crippen LogP contribution in [0.4, 0.5) is 37.7 Å². The van der Waals surface area contributed by atoms with E-state index in [0.717, 1.165) is 31.3 Å². The maximum atomic E-state index is 15.5. The summed E-state index contributed by atoms with van der Waals surface area (Å²) >= 11 is 5.05. The first-order chi connectivity index (χ1) is 14.2. The van der Waals surface area contributed by atoms with E-state index in [1.54, 1.807) is 0 Å². The number of pyridine rings is 1. The zero-order chi connectivity index (χ0) is 23.2. The summed E-state index contributed by atoms with van der Waals surface area (Å²) in [5.74, 6) is -4.57. The number of hydrogen-bond acceptors (Lipinski definition) is 4. The summed E-state index contributed by atoms with van der Waals surface area (Å²) in [7, 11) is 0. The summed E-state index contributed by atoms with van der Waals surface area (Å²) in [6, 6.07) is 4.07. The fourth-order valence-corrected chi connectivity index (χ4v) is 3.65.